The predicted molar refractivity (Wildman–Crippen MR) is 112 cm³/mol. The van der Waals surface area contributed by atoms with E-state index in [4.69, 9.17) is 4.98 Å². The highest BCUT2D eigenvalue weighted by Gasteiger charge is 2.46. The van der Waals surface area contributed by atoms with Crippen LogP contribution in [0, 0.1) is 13.8 Å². The molecule has 1 spiro atoms. The van der Waals surface area contributed by atoms with Crippen LogP contribution in [0.15, 0.2) is 12.1 Å². The minimum atomic E-state index is -0.149. The Hall–Kier alpha value is -1.93. The van der Waals surface area contributed by atoms with Crippen LogP contribution in [-0.4, -0.2) is 65.4 Å². The van der Waals surface area contributed by atoms with Crippen molar-refractivity contribution in [2.45, 2.75) is 38.6 Å². The minimum Gasteiger partial charge on any atom is -0.332 e. The van der Waals surface area contributed by atoms with Crippen LogP contribution in [-0.2, 0) is 12.0 Å². The third-order valence-electron chi connectivity index (χ3n) is 5.75. The Morgan fingerprint density at radius 3 is 2.43 bits per heavy atom. The van der Waals surface area contributed by atoms with Crippen LogP contribution in [0.25, 0.3) is 0 Å². The van der Waals surface area contributed by atoms with Crippen molar-refractivity contribution in [3.8, 4) is 0 Å². The SMILES string of the molecule is Cc1ccc(C(=O)N2Cc3sc(C)nc3C3(CCN(C(=O)N(C)C)CC3)C2)s1. The Morgan fingerprint density at radius 1 is 1.11 bits per heavy atom. The Bertz CT molecular complexity index is 909. The molecule has 2 aliphatic rings. The van der Waals surface area contributed by atoms with Gasteiger partial charge in [0.05, 0.1) is 22.1 Å². The normalized spacial score (nSPS) is 18.3. The number of thiazole rings is 1. The van der Waals surface area contributed by atoms with Crippen molar-refractivity contribution in [2.75, 3.05) is 33.7 Å². The molecule has 2 aliphatic heterocycles. The van der Waals surface area contributed by atoms with Gasteiger partial charge in [-0.3, -0.25) is 4.79 Å². The summed E-state index contributed by atoms with van der Waals surface area (Å²) in [5.74, 6) is 0.112. The maximum Gasteiger partial charge on any atom is 0.319 e. The first kappa shape index (κ1) is 19.4. The number of carbonyl (C=O) groups is 2. The van der Waals surface area contributed by atoms with Gasteiger partial charge in [-0.1, -0.05) is 0 Å². The van der Waals surface area contributed by atoms with Gasteiger partial charge < -0.3 is 14.7 Å². The number of aryl methyl sites for hydroxylation is 2. The van der Waals surface area contributed by atoms with E-state index in [2.05, 4.69) is 0 Å². The van der Waals surface area contributed by atoms with Crippen molar-refractivity contribution in [2.24, 2.45) is 0 Å². The van der Waals surface area contributed by atoms with Crippen LogP contribution in [0.5, 0.6) is 0 Å². The molecule has 0 aromatic carbocycles. The molecule has 28 heavy (non-hydrogen) atoms. The lowest BCUT2D eigenvalue weighted by molar-refractivity contribution is 0.0592. The number of hydrogen-bond donors (Lipinski definition) is 0. The first-order valence-corrected chi connectivity index (χ1v) is 11.2. The quantitative estimate of drug-likeness (QED) is 0.712. The second kappa shape index (κ2) is 7.15. The molecule has 8 heteroatoms. The number of piperidine rings is 1. The average molecular weight is 419 g/mol. The zero-order valence-corrected chi connectivity index (χ0v) is 18.5. The van der Waals surface area contributed by atoms with Crippen LogP contribution in [0.1, 0.15) is 43.0 Å². The topological polar surface area (TPSA) is 56.8 Å². The minimum absolute atomic E-state index is 0.0577. The van der Waals surface area contributed by atoms with Crippen molar-refractivity contribution in [1.29, 1.82) is 0 Å². The number of hydrogen-bond acceptors (Lipinski definition) is 5. The summed E-state index contributed by atoms with van der Waals surface area (Å²) in [6.07, 6.45) is 1.69. The molecule has 6 nitrogen and oxygen atoms in total. The van der Waals surface area contributed by atoms with Gasteiger partial charge in [0.15, 0.2) is 0 Å². The standard InChI is InChI=1S/C20H26N4O2S2/c1-13-5-6-15(27-13)18(25)24-11-16-17(21-14(2)28-16)20(12-24)7-9-23(10-8-20)19(26)22(3)4/h5-6H,7-12H2,1-4H3. The smallest absolute Gasteiger partial charge is 0.319 e. The lowest BCUT2D eigenvalue weighted by Gasteiger charge is -2.46. The van der Waals surface area contributed by atoms with E-state index >= 15 is 0 Å². The monoisotopic (exact) mass is 418 g/mol. The van der Waals surface area contributed by atoms with E-state index in [0.29, 0.717) is 26.2 Å². The van der Waals surface area contributed by atoms with Gasteiger partial charge in [0, 0.05) is 48.9 Å². The van der Waals surface area contributed by atoms with Crippen LogP contribution < -0.4 is 0 Å². The van der Waals surface area contributed by atoms with Gasteiger partial charge in [-0.15, -0.1) is 22.7 Å². The fourth-order valence-corrected chi connectivity index (χ4v) is 6.22. The van der Waals surface area contributed by atoms with Crippen LogP contribution in [0.2, 0.25) is 0 Å². The summed E-state index contributed by atoms with van der Waals surface area (Å²) >= 11 is 3.26. The third kappa shape index (κ3) is 3.33. The Kier molecular flexibility index (Phi) is 4.95. The van der Waals surface area contributed by atoms with Gasteiger partial charge in [0.2, 0.25) is 0 Å². The highest BCUT2D eigenvalue weighted by molar-refractivity contribution is 7.14. The molecular weight excluding hydrogens is 392 g/mol. The number of aromatic nitrogens is 1. The molecule has 4 heterocycles. The van der Waals surface area contributed by atoms with Crippen molar-refractivity contribution in [1.82, 2.24) is 19.7 Å². The molecule has 0 bridgehead atoms. The molecule has 0 unspecified atom stereocenters. The van der Waals surface area contributed by atoms with Gasteiger partial charge in [0.25, 0.3) is 5.91 Å². The molecule has 1 fully saturated rings. The molecule has 150 valence electrons. The van der Waals surface area contributed by atoms with Crippen LogP contribution in [0.3, 0.4) is 0 Å². The lowest BCUT2D eigenvalue weighted by atomic mass is 9.73. The second-order valence-electron chi connectivity index (χ2n) is 8.02. The molecule has 0 atom stereocenters. The largest absolute Gasteiger partial charge is 0.332 e. The maximum absolute atomic E-state index is 13.2. The number of thiophene rings is 1. The molecule has 0 radical (unpaired) electrons. The maximum atomic E-state index is 13.2. The number of amides is 3. The first-order chi connectivity index (χ1) is 13.3. The molecular formula is C20H26N4O2S2. The lowest BCUT2D eigenvalue weighted by Crippen LogP contribution is -2.55. The van der Waals surface area contributed by atoms with Gasteiger partial charge >= 0.3 is 6.03 Å². The number of urea groups is 1. The molecule has 4 rings (SSSR count). The zero-order chi connectivity index (χ0) is 20.1. The van der Waals surface area contributed by atoms with E-state index in [1.54, 1.807) is 41.7 Å². The second-order valence-corrected chi connectivity index (χ2v) is 10.6. The molecule has 0 aliphatic carbocycles. The number of likely N-dealkylation sites (tertiary alicyclic amines) is 1. The zero-order valence-electron chi connectivity index (χ0n) is 16.8. The van der Waals surface area contributed by atoms with E-state index in [1.165, 1.54) is 10.6 Å². The van der Waals surface area contributed by atoms with Gasteiger partial charge in [-0.2, -0.15) is 0 Å². The van der Waals surface area contributed by atoms with Gasteiger partial charge in [-0.25, -0.2) is 9.78 Å². The summed E-state index contributed by atoms with van der Waals surface area (Å²) in [5.41, 5.74) is 1.02. The number of carbonyl (C=O) groups excluding carboxylic acids is 2. The highest BCUT2D eigenvalue weighted by Crippen LogP contribution is 2.43. The van der Waals surface area contributed by atoms with Crippen LogP contribution in [0.4, 0.5) is 4.79 Å². The molecule has 0 saturated carbocycles. The Morgan fingerprint density at radius 2 is 1.82 bits per heavy atom. The molecule has 3 amide bonds. The van der Waals surface area contributed by atoms with Crippen molar-refractivity contribution in [3.05, 3.63) is 37.5 Å². The van der Waals surface area contributed by atoms with E-state index < -0.39 is 0 Å². The van der Waals surface area contributed by atoms with E-state index in [1.807, 2.05) is 35.8 Å². The molecule has 2 aromatic heterocycles. The Labute approximate surface area is 173 Å². The number of fused-ring (bicyclic) bond motifs is 2. The van der Waals surface area contributed by atoms with Crippen LogP contribution >= 0.6 is 22.7 Å². The number of nitrogens with zero attached hydrogens (tertiary/aromatic N) is 4. The van der Waals surface area contributed by atoms with Gasteiger partial charge in [0.1, 0.15) is 0 Å². The van der Waals surface area contributed by atoms with Gasteiger partial charge in [-0.05, 0) is 38.8 Å². The van der Waals surface area contributed by atoms with Crippen molar-refractivity contribution in [3.63, 3.8) is 0 Å². The first-order valence-electron chi connectivity index (χ1n) is 9.58. The van der Waals surface area contributed by atoms with E-state index in [9.17, 15) is 9.59 Å². The molecule has 1 saturated heterocycles. The van der Waals surface area contributed by atoms with Crippen molar-refractivity contribution >= 4 is 34.6 Å². The average Bonchev–Trinajstić information content (AvgIpc) is 3.26. The number of rotatable bonds is 1. The molecule has 0 N–H and O–H groups in total. The van der Waals surface area contributed by atoms with E-state index in [0.717, 1.165) is 27.6 Å². The van der Waals surface area contributed by atoms with Crippen molar-refractivity contribution < 1.29 is 9.59 Å². The summed E-state index contributed by atoms with van der Waals surface area (Å²) < 4.78 is 0. The summed E-state index contributed by atoms with van der Waals surface area (Å²) in [6, 6.07) is 3.99. The predicted octanol–water partition coefficient (Wildman–Crippen LogP) is 3.49. The Balaban J connectivity index is 1.61. The summed E-state index contributed by atoms with van der Waals surface area (Å²) in [7, 11) is 3.58. The summed E-state index contributed by atoms with van der Waals surface area (Å²) in [5, 5.41) is 1.05. The molecule has 2 aromatic rings. The third-order valence-corrected chi connectivity index (χ3v) is 7.69. The summed E-state index contributed by atoms with van der Waals surface area (Å²) in [6.45, 7) is 6.79. The summed E-state index contributed by atoms with van der Waals surface area (Å²) in [4.78, 5) is 39.1. The highest BCUT2D eigenvalue weighted by atomic mass is 32.1. The van der Waals surface area contributed by atoms with E-state index in [-0.39, 0.29) is 17.4 Å². The fraction of sp³-hybridized carbons (Fsp3) is 0.550. The fourth-order valence-electron chi connectivity index (χ4n) is 4.31.